The summed E-state index contributed by atoms with van der Waals surface area (Å²) < 4.78 is 8.74. The highest BCUT2D eigenvalue weighted by molar-refractivity contribution is 7.26. The van der Waals surface area contributed by atoms with Crippen LogP contribution in [-0.4, -0.2) is 15.0 Å². The van der Waals surface area contributed by atoms with Crippen molar-refractivity contribution in [3.63, 3.8) is 0 Å². The van der Waals surface area contributed by atoms with Gasteiger partial charge in [-0.15, -0.1) is 11.3 Å². The Bertz CT molecular complexity index is 2800. The molecule has 0 amide bonds. The maximum Gasteiger partial charge on any atom is 0.228 e. The second-order valence-electron chi connectivity index (χ2n) is 11.6. The number of aromatic nitrogens is 3. The summed E-state index contributed by atoms with van der Waals surface area (Å²) >= 11 is 1.78. The molecule has 10 rings (SSSR count). The maximum absolute atomic E-state index is 6.34. The molecule has 46 heavy (non-hydrogen) atoms. The van der Waals surface area contributed by atoms with Crippen LogP contribution in [0.4, 0.5) is 0 Å². The average molecular weight is 606 g/mol. The Balaban J connectivity index is 1.19. The van der Waals surface area contributed by atoms with E-state index in [0.29, 0.717) is 11.5 Å². The molecule has 6 aromatic carbocycles. The lowest BCUT2D eigenvalue weighted by Gasteiger charge is -2.12. The molecule has 5 heteroatoms. The molecule has 0 radical (unpaired) electrons. The first-order chi connectivity index (χ1) is 22.8. The van der Waals surface area contributed by atoms with Crippen LogP contribution < -0.4 is 0 Å². The Morgan fingerprint density at radius 3 is 2.02 bits per heavy atom. The fraction of sp³-hybridized carbons (Fsp3) is 0. The first-order valence-corrected chi connectivity index (χ1v) is 16.1. The van der Waals surface area contributed by atoms with Gasteiger partial charge < -0.3 is 4.42 Å². The summed E-state index contributed by atoms with van der Waals surface area (Å²) in [5.41, 5.74) is 7.36. The molecule has 0 atom stereocenters. The molecule has 0 bridgehead atoms. The SMILES string of the molecule is c1ccc(-c2nc(-c3ccc(-c4nc5oc6ccccc6c5c5c4sc4ccccc45)cc3)nc3c2ccc2ccccc23)cc1. The van der Waals surface area contributed by atoms with E-state index in [1.807, 2.05) is 18.2 Å². The van der Waals surface area contributed by atoms with Crippen LogP contribution in [0.2, 0.25) is 0 Å². The largest absolute Gasteiger partial charge is 0.438 e. The Morgan fingerprint density at radius 2 is 1.15 bits per heavy atom. The number of nitrogens with zero attached hydrogens (tertiary/aromatic N) is 3. The zero-order chi connectivity index (χ0) is 30.2. The minimum Gasteiger partial charge on any atom is -0.438 e. The smallest absolute Gasteiger partial charge is 0.228 e. The van der Waals surface area contributed by atoms with Gasteiger partial charge in [0, 0.05) is 48.3 Å². The number of benzene rings is 6. The molecular formula is C41H23N3OS. The monoisotopic (exact) mass is 605 g/mol. The summed E-state index contributed by atoms with van der Waals surface area (Å²) in [6.45, 7) is 0. The Labute approximate surface area is 267 Å². The maximum atomic E-state index is 6.34. The minimum atomic E-state index is 0.661. The van der Waals surface area contributed by atoms with Crippen LogP contribution in [0.1, 0.15) is 0 Å². The first-order valence-electron chi connectivity index (χ1n) is 15.3. The number of hydrogen-bond acceptors (Lipinski definition) is 5. The van der Waals surface area contributed by atoms with E-state index in [-0.39, 0.29) is 0 Å². The average Bonchev–Trinajstić information content (AvgIpc) is 3.69. The number of thiophene rings is 1. The van der Waals surface area contributed by atoms with Crippen molar-refractivity contribution in [2.24, 2.45) is 0 Å². The summed E-state index contributed by atoms with van der Waals surface area (Å²) in [5.74, 6) is 0.696. The van der Waals surface area contributed by atoms with Gasteiger partial charge in [-0.05, 0) is 23.6 Å². The molecule has 0 aliphatic carbocycles. The second kappa shape index (κ2) is 9.80. The Morgan fingerprint density at radius 1 is 0.457 bits per heavy atom. The van der Waals surface area contributed by atoms with E-state index >= 15 is 0 Å². The zero-order valence-corrected chi connectivity index (χ0v) is 25.3. The van der Waals surface area contributed by atoms with E-state index in [9.17, 15) is 0 Å². The Kier molecular flexibility index (Phi) is 5.41. The molecule has 0 aliphatic rings. The highest BCUT2D eigenvalue weighted by Crippen LogP contribution is 2.45. The summed E-state index contributed by atoms with van der Waals surface area (Å²) in [4.78, 5) is 15.5. The number of pyridine rings is 1. The number of fused-ring (bicyclic) bond motifs is 10. The second-order valence-corrected chi connectivity index (χ2v) is 12.6. The first kappa shape index (κ1) is 25.4. The van der Waals surface area contributed by atoms with Crippen LogP contribution in [0.3, 0.4) is 0 Å². The fourth-order valence-corrected chi connectivity index (χ4v) is 7.97. The quantitative estimate of drug-likeness (QED) is 0.188. The molecule has 0 fully saturated rings. The van der Waals surface area contributed by atoms with Gasteiger partial charge in [-0.2, -0.15) is 0 Å². The number of furan rings is 1. The van der Waals surface area contributed by atoms with Gasteiger partial charge in [0.25, 0.3) is 0 Å². The normalized spacial score (nSPS) is 11.9. The fourth-order valence-electron chi connectivity index (χ4n) is 6.75. The predicted molar refractivity (Wildman–Crippen MR) is 191 cm³/mol. The topological polar surface area (TPSA) is 51.8 Å². The molecule has 214 valence electrons. The number of hydrogen-bond donors (Lipinski definition) is 0. The van der Waals surface area contributed by atoms with Crippen LogP contribution in [-0.2, 0) is 0 Å². The van der Waals surface area contributed by atoms with Crippen LogP contribution in [0.15, 0.2) is 144 Å². The van der Waals surface area contributed by atoms with Crippen LogP contribution in [0.25, 0.3) is 97.8 Å². The van der Waals surface area contributed by atoms with Crippen molar-refractivity contribution < 1.29 is 4.42 Å². The van der Waals surface area contributed by atoms with Gasteiger partial charge >= 0.3 is 0 Å². The van der Waals surface area contributed by atoms with E-state index in [1.165, 1.54) is 15.5 Å². The van der Waals surface area contributed by atoms with E-state index in [2.05, 4.69) is 121 Å². The lowest BCUT2D eigenvalue weighted by Crippen LogP contribution is -1.96. The van der Waals surface area contributed by atoms with Gasteiger partial charge in [0.15, 0.2) is 5.82 Å². The predicted octanol–water partition coefficient (Wildman–Crippen LogP) is 11.4. The van der Waals surface area contributed by atoms with Crippen LogP contribution >= 0.6 is 11.3 Å². The van der Waals surface area contributed by atoms with Gasteiger partial charge in [-0.3, -0.25) is 0 Å². The zero-order valence-electron chi connectivity index (χ0n) is 24.4. The van der Waals surface area contributed by atoms with Gasteiger partial charge in [0.2, 0.25) is 5.71 Å². The molecule has 4 nitrogen and oxygen atoms in total. The van der Waals surface area contributed by atoms with Crippen molar-refractivity contribution in [2.45, 2.75) is 0 Å². The van der Waals surface area contributed by atoms with Crippen molar-refractivity contribution in [3.8, 4) is 33.9 Å². The summed E-state index contributed by atoms with van der Waals surface area (Å²) in [6.07, 6.45) is 0. The van der Waals surface area contributed by atoms with Gasteiger partial charge in [0.1, 0.15) is 5.58 Å². The summed E-state index contributed by atoms with van der Waals surface area (Å²) in [5, 5.41) is 7.92. The molecule has 4 aromatic heterocycles. The molecule has 0 unspecified atom stereocenters. The van der Waals surface area contributed by atoms with Crippen LogP contribution in [0.5, 0.6) is 0 Å². The molecule has 0 N–H and O–H groups in total. The van der Waals surface area contributed by atoms with E-state index in [0.717, 1.165) is 70.8 Å². The molecule has 0 aliphatic heterocycles. The summed E-state index contributed by atoms with van der Waals surface area (Å²) in [6, 6.07) is 48.4. The molecular weight excluding hydrogens is 583 g/mol. The van der Waals surface area contributed by atoms with E-state index < -0.39 is 0 Å². The highest BCUT2D eigenvalue weighted by atomic mass is 32.1. The molecule has 0 spiro atoms. The minimum absolute atomic E-state index is 0.661. The van der Waals surface area contributed by atoms with Crippen molar-refractivity contribution in [1.82, 2.24) is 15.0 Å². The van der Waals surface area contributed by atoms with Gasteiger partial charge in [-0.1, -0.05) is 121 Å². The van der Waals surface area contributed by atoms with Crippen molar-refractivity contribution >= 4 is 75.3 Å². The molecule has 0 saturated carbocycles. The number of rotatable bonds is 3. The summed E-state index contributed by atoms with van der Waals surface area (Å²) in [7, 11) is 0. The third kappa shape index (κ3) is 3.76. The van der Waals surface area contributed by atoms with Gasteiger partial charge in [-0.25, -0.2) is 15.0 Å². The lowest BCUT2D eigenvalue weighted by atomic mass is 10.0. The van der Waals surface area contributed by atoms with Crippen LogP contribution in [0, 0.1) is 0 Å². The lowest BCUT2D eigenvalue weighted by molar-refractivity contribution is 0.655. The van der Waals surface area contributed by atoms with E-state index in [4.69, 9.17) is 19.4 Å². The standard InChI is InChI=1S/C41H23N3OS/c1-2-11-25(12-3-1)36-31-23-22-24-10-4-5-13-28(24)38(31)43-40(42-36)27-20-18-26(19-21-27)37-39-34(30-15-7-9-17-33(30)46-39)35-29-14-6-8-16-32(29)45-41(35)44-37/h1-23H. The van der Waals surface area contributed by atoms with Gasteiger partial charge in [0.05, 0.1) is 27.0 Å². The van der Waals surface area contributed by atoms with Crippen molar-refractivity contribution in [3.05, 3.63) is 140 Å². The third-order valence-corrected chi connectivity index (χ3v) is 10.1. The number of para-hydroxylation sites is 1. The van der Waals surface area contributed by atoms with E-state index in [1.54, 1.807) is 11.3 Å². The molecule has 10 aromatic rings. The Hall–Kier alpha value is -5.91. The van der Waals surface area contributed by atoms with Crippen molar-refractivity contribution in [2.75, 3.05) is 0 Å². The third-order valence-electron chi connectivity index (χ3n) is 8.91. The van der Waals surface area contributed by atoms with Crippen molar-refractivity contribution in [1.29, 1.82) is 0 Å². The molecule has 4 heterocycles. The molecule has 0 saturated heterocycles. The highest BCUT2D eigenvalue weighted by Gasteiger charge is 2.21.